The lowest BCUT2D eigenvalue weighted by Crippen LogP contribution is -2.46. The van der Waals surface area contributed by atoms with Crippen molar-refractivity contribution in [2.45, 2.75) is 12.6 Å². The average molecular weight is 271 g/mol. The molecule has 0 saturated heterocycles. The summed E-state index contributed by atoms with van der Waals surface area (Å²) < 4.78 is 2.31. The third kappa shape index (κ3) is 2.12. The monoisotopic (exact) mass is 271 g/mol. The zero-order chi connectivity index (χ0) is 13.2. The maximum absolute atomic E-state index is 5.46. The molecule has 98 valence electrons. The van der Waals surface area contributed by atoms with Crippen LogP contribution < -0.4 is 5.32 Å². The molecule has 1 atom stereocenters. The first-order valence-electron chi connectivity index (χ1n) is 6.49. The largest absolute Gasteiger partial charge is 0.366 e. The molecule has 3 nitrogen and oxygen atoms in total. The molecule has 0 bridgehead atoms. The van der Waals surface area contributed by atoms with Gasteiger partial charge >= 0.3 is 0 Å². The summed E-state index contributed by atoms with van der Waals surface area (Å²) >= 11 is 5.46. The van der Waals surface area contributed by atoms with Crippen molar-refractivity contribution >= 4 is 17.3 Å². The second-order valence-corrected chi connectivity index (χ2v) is 5.07. The highest BCUT2D eigenvalue weighted by molar-refractivity contribution is 7.80. The van der Waals surface area contributed by atoms with Crippen molar-refractivity contribution in [2.24, 2.45) is 0 Å². The quantitative estimate of drug-likeness (QED) is 0.804. The van der Waals surface area contributed by atoms with Crippen LogP contribution in [0.3, 0.4) is 0 Å². The Bertz CT molecular complexity index is 576. The van der Waals surface area contributed by atoms with E-state index in [0.29, 0.717) is 0 Å². The van der Waals surface area contributed by atoms with Crippen LogP contribution in [0.4, 0.5) is 0 Å². The van der Waals surface area contributed by atoms with Crippen LogP contribution in [0.15, 0.2) is 48.7 Å². The first kappa shape index (κ1) is 12.2. The highest BCUT2D eigenvalue weighted by atomic mass is 32.1. The summed E-state index contributed by atoms with van der Waals surface area (Å²) in [5.74, 6) is 0. The van der Waals surface area contributed by atoms with Crippen molar-refractivity contribution in [1.82, 2.24) is 14.8 Å². The molecule has 1 aliphatic rings. The Kier molecular flexibility index (Phi) is 3.25. The molecule has 0 aliphatic carbocycles. The molecule has 0 fully saturated rings. The van der Waals surface area contributed by atoms with E-state index in [2.05, 4.69) is 57.4 Å². The molecule has 0 radical (unpaired) electrons. The van der Waals surface area contributed by atoms with Gasteiger partial charge < -0.3 is 14.8 Å². The van der Waals surface area contributed by atoms with Crippen LogP contribution in [-0.4, -0.2) is 28.2 Å². The average Bonchev–Trinajstić information content (AvgIpc) is 2.94. The molecule has 4 heteroatoms. The Labute approximate surface area is 118 Å². The summed E-state index contributed by atoms with van der Waals surface area (Å²) in [6.45, 7) is 1.91. The zero-order valence-electron chi connectivity index (χ0n) is 10.9. The summed E-state index contributed by atoms with van der Waals surface area (Å²) in [4.78, 5) is 2.26. The number of nitrogens with one attached hydrogen (secondary N) is 1. The van der Waals surface area contributed by atoms with E-state index < -0.39 is 0 Å². The van der Waals surface area contributed by atoms with Crippen LogP contribution in [0.25, 0.3) is 0 Å². The topological polar surface area (TPSA) is 20.2 Å². The molecule has 2 heterocycles. The summed E-state index contributed by atoms with van der Waals surface area (Å²) in [7, 11) is 1.89. The third-order valence-electron chi connectivity index (χ3n) is 3.63. The van der Waals surface area contributed by atoms with E-state index in [1.165, 1.54) is 11.3 Å². The molecule has 1 aliphatic heterocycles. The normalized spacial score (nSPS) is 17.9. The molecule has 1 aromatic heterocycles. The van der Waals surface area contributed by atoms with Gasteiger partial charge in [-0.05, 0) is 29.9 Å². The number of fused-ring (bicyclic) bond motifs is 1. The van der Waals surface area contributed by atoms with Crippen LogP contribution in [0.1, 0.15) is 17.3 Å². The Morgan fingerprint density at radius 3 is 2.68 bits per heavy atom. The van der Waals surface area contributed by atoms with Gasteiger partial charge in [-0.25, -0.2) is 0 Å². The minimum atomic E-state index is 0.199. The van der Waals surface area contributed by atoms with Gasteiger partial charge in [0.15, 0.2) is 5.11 Å². The fourth-order valence-corrected chi connectivity index (χ4v) is 2.93. The Hall–Kier alpha value is -1.81. The number of benzene rings is 1. The predicted molar refractivity (Wildman–Crippen MR) is 81.1 cm³/mol. The van der Waals surface area contributed by atoms with Crippen molar-refractivity contribution in [3.8, 4) is 0 Å². The minimum Gasteiger partial charge on any atom is -0.366 e. The van der Waals surface area contributed by atoms with E-state index in [-0.39, 0.29) is 6.04 Å². The molecule has 0 amide bonds. The van der Waals surface area contributed by atoms with E-state index in [4.69, 9.17) is 12.2 Å². The van der Waals surface area contributed by atoms with Crippen molar-refractivity contribution in [1.29, 1.82) is 0 Å². The molecule has 19 heavy (non-hydrogen) atoms. The number of hydrogen-bond acceptors (Lipinski definition) is 1. The SMILES string of the molecule is CNC(=S)N1CCn2cccc2[C@H]1c1ccccc1. The lowest BCUT2D eigenvalue weighted by molar-refractivity contribution is 0.287. The van der Waals surface area contributed by atoms with E-state index in [9.17, 15) is 0 Å². The highest BCUT2D eigenvalue weighted by Gasteiger charge is 2.29. The van der Waals surface area contributed by atoms with Crippen molar-refractivity contribution in [3.05, 3.63) is 59.9 Å². The number of thiocarbonyl (C=S) groups is 1. The fraction of sp³-hybridized carbons (Fsp3) is 0.267. The maximum atomic E-state index is 5.46. The summed E-state index contributed by atoms with van der Waals surface area (Å²) in [6, 6.07) is 15.0. The second-order valence-electron chi connectivity index (χ2n) is 4.69. The van der Waals surface area contributed by atoms with Crippen molar-refractivity contribution in [2.75, 3.05) is 13.6 Å². The van der Waals surface area contributed by atoms with Gasteiger partial charge in [0, 0.05) is 32.0 Å². The number of aromatic nitrogens is 1. The van der Waals surface area contributed by atoms with Crippen molar-refractivity contribution in [3.63, 3.8) is 0 Å². The van der Waals surface area contributed by atoms with Gasteiger partial charge in [0.25, 0.3) is 0 Å². The minimum absolute atomic E-state index is 0.199. The van der Waals surface area contributed by atoms with Gasteiger partial charge in [0.1, 0.15) is 0 Å². The standard InChI is InChI=1S/C15H17N3S/c1-16-15(19)18-11-10-17-9-5-8-13(17)14(18)12-6-3-2-4-7-12/h2-9,14H,10-11H2,1H3,(H,16,19)/t14-/m1/s1. The van der Waals surface area contributed by atoms with E-state index >= 15 is 0 Å². The highest BCUT2D eigenvalue weighted by Crippen LogP contribution is 2.32. The molecule has 3 rings (SSSR count). The molecule has 1 N–H and O–H groups in total. The van der Waals surface area contributed by atoms with E-state index in [1.54, 1.807) is 0 Å². The van der Waals surface area contributed by atoms with Crippen LogP contribution in [-0.2, 0) is 6.54 Å². The molecule has 1 aromatic carbocycles. The first-order valence-corrected chi connectivity index (χ1v) is 6.90. The zero-order valence-corrected chi connectivity index (χ0v) is 11.7. The molecule has 0 saturated carbocycles. The Morgan fingerprint density at radius 1 is 1.16 bits per heavy atom. The first-order chi connectivity index (χ1) is 9.31. The van der Waals surface area contributed by atoms with Gasteiger partial charge in [-0.3, -0.25) is 0 Å². The van der Waals surface area contributed by atoms with Crippen LogP contribution in [0, 0.1) is 0 Å². The van der Waals surface area contributed by atoms with Crippen LogP contribution in [0.5, 0.6) is 0 Å². The molecule has 2 aromatic rings. The molecular formula is C15H17N3S. The van der Waals surface area contributed by atoms with Gasteiger partial charge in [-0.15, -0.1) is 0 Å². The van der Waals surface area contributed by atoms with Gasteiger partial charge in [-0.1, -0.05) is 30.3 Å². The number of rotatable bonds is 1. The molecule has 0 unspecified atom stereocenters. The summed E-state index contributed by atoms with van der Waals surface area (Å²) in [5.41, 5.74) is 2.58. The molecular weight excluding hydrogens is 254 g/mol. The van der Waals surface area contributed by atoms with E-state index in [1.807, 2.05) is 13.1 Å². The Balaban J connectivity index is 2.07. The van der Waals surface area contributed by atoms with Gasteiger partial charge in [0.05, 0.1) is 6.04 Å². The summed E-state index contributed by atoms with van der Waals surface area (Å²) in [5, 5.41) is 3.91. The Morgan fingerprint density at radius 2 is 1.95 bits per heavy atom. The maximum Gasteiger partial charge on any atom is 0.169 e. The fourth-order valence-electron chi connectivity index (χ4n) is 2.73. The lowest BCUT2D eigenvalue weighted by atomic mass is 10.0. The third-order valence-corrected chi connectivity index (χ3v) is 4.07. The van der Waals surface area contributed by atoms with Gasteiger partial charge in [0.2, 0.25) is 0 Å². The summed E-state index contributed by atoms with van der Waals surface area (Å²) in [6.07, 6.45) is 2.14. The van der Waals surface area contributed by atoms with Crippen LogP contribution in [0.2, 0.25) is 0 Å². The van der Waals surface area contributed by atoms with E-state index in [0.717, 1.165) is 18.2 Å². The molecule has 0 spiro atoms. The smallest absolute Gasteiger partial charge is 0.169 e. The predicted octanol–water partition coefficient (Wildman–Crippen LogP) is 2.40. The number of hydrogen-bond donors (Lipinski definition) is 1. The second kappa shape index (κ2) is 5.05. The van der Waals surface area contributed by atoms with Gasteiger partial charge in [-0.2, -0.15) is 0 Å². The van der Waals surface area contributed by atoms with Crippen molar-refractivity contribution < 1.29 is 0 Å². The lowest BCUT2D eigenvalue weighted by Gasteiger charge is -2.38. The number of nitrogens with zero attached hydrogens (tertiary/aromatic N) is 2. The van der Waals surface area contributed by atoms with Crippen LogP contribution >= 0.6 is 12.2 Å².